The third-order valence-electron chi connectivity index (χ3n) is 4.68. The summed E-state index contributed by atoms with van der Waals surface area (Å²) >= 11 is 0. The minimum absolute atomic E-state index is 0. The summed E-state index contributed by atoms with van der Waals surface area (Å²) < 4.78 is 2.01. The molecular formula is C17H27Cl2N5O. The highest BCUT2D eigenvalue weighted by Crippen LogP contribution is 2.18. The highest BCUT2D eigenvalue weighted by Gasteiger charge is 2.25. The highest BCUT2D eigenvalue weighted by atomic mass is 35.5. The zero-order valence-electron chi connectivity index (χ0n) is 14.9. The third-order valence-corrected chi connectivity index (χ3v) is 4.68. The van der Waals surface area contributed by atoms with Crippen LogP contribution in [0.4, 0.5) is 0 Å². The maximum absolute atomic E-state index is 12.6. The molecule has 1 saturated heterocycles. The van der Waals surface area contributed by atoms with Crippen LogP contribution in [0.5, 0.6) is 0 Å². The second-order valence-corrected chi connectivity index (χ2v) is 6.55. The monoisotopic (exact) mass is 387 g/mol. The number of amides is 1. The molecule has 2 N–H and O–H groups in total. The maximum atomic E-state index is 12.6. The molecule has 3 rings (SSSR count). The Kier molecular flexibility index (Phi) is 8.12. The van der Waals surface area contributed by atoms with Gasteiger partial charge in [0.15, 0.2) is 5.65 Å². The first-order valence-corrected chi connectivity index (χ1v) is 8.44. The van der Waals surface area contributed by atoms with Crippen LogP contribution in [0.2, 0.25) is 0 Å². The summed E-state index contributed by atoms with van der Waals surface area (Å²) in [5.41, 5.74) is 2.17. The molecule has 0 spiro atoms. The summed E-state index contributed by atoms with van der Waals surface area (Å²) in [5.74, 6) is 0.438. The number of piperidine rings is 1. The summed E-state index contributed by atoms with van der Waals surface area (Å²) in [6.07, 6.45) is 5.47. The van der Waals surface area contributed by atoms with Crippen molar-refractivity contribution in [3.63, 3.8) is 0 Å². The molecule has 0 aliphatic carbocycles. The highest BCUT2D eigenvalue weighted by molar-refractivity contribution is 5.96. The molecule has 2 aromatic rings. The summed E-state index contributed by atoms with van der Waals surface area (Å²) in [7, 11) is 0. The largest absolute Gasteiger partial charge is 0.349 e. The summed E-state index contributed by atoms with van der Waals surface area (Å²) in [4.78, 5) is 21.4. The van der Waals surface area contributed by atoms with Crippen molar-refractivity contribution in [3.05, 3.63) is 24.2 Å². The van der Waals surface area contributed by atoms with Crippen molar-refractivity contribution in [3.8, 4) is 0 Å². The number of imidazole rings is 1. The molecule has 0 bridgehead atoms. The van der Waals surface area contributed by atoms with Gasteiger partial charge in [0.05, 0.1) is 11.9 Å². The molecule has 1 amide bonds. The molecule has 6 nitrogen and oxygen atoms in total. The number of nitrogens with zero attached hydrogens (tertiary/aromatic N) is 3. The lowest BCUT2D eigenvalue weighted by atomic mass is 9.91. The van der Waals surface area contributed by atoms with Crippen LogP contribution in [0.3, 0.4) is 0 Å². The quantitative estimate of drug-likeness (QED) is 0.845. The predicted octanol–water partition coefficient (Wildman–Crippen LogP) is 2.97. The molecule has 1 fully saturated rings. The lowest BCUT2D eigenvalue weighted by molar-refractivity contribution is 0.0909. The molecule has 2 atom stereocenters. The number of halogens is 2. The summed E-state index contributed by atoms with van der Waals surface area (Å²) in [6, 6.07) is 2.36. The van der Waals surface area contributed by atoms with Crippen LogP contribution in [0.25, 0.3) is 11.2 Å². The Morgan fingerprint density at radius 2 is 2.16 bits per heavy atom. The third kappa shape index (κ3) is 4.63. The van der Waals surface area contributed by atoms with Crippen molar-refractivity contribution in [1.29, 1.82) is 0 Å². The van der Waals surface area contributed by atoms with Gasteiger partial charge in [0.1, 0.15) is 5.52 Å². The van der Waals surface area contributed by atoms with Gasteiger partial charge in [0.25, 0.3) is 5.91 Å². The summed E-state index contributed by atoms with van der Waals surface area (Å²) in [5, 5.41) is 6.57. The SMILES string of the molecule is CC[C@@H]1CNCC[C@@H]1NC(=O)c1cnc2c(c1)ncn2C(C)C.Cl.Cl. The molecule has 0 saturated carbocycles. The predicted molar refractivity (Wildman–Crippen MR) is 105 cm³/mol. The number of nitrogens with one attached hydrogen (secondary N) is 2. The van der Waals surface area contributed by atoms with E-state index >= 15 is 0 Å². The number of aromatic nitrogens is 3. The topological polar surface area (TPSA) is 71.8 Å². The lowest BCUT2D eigenvalue weighted by Gasteiger charge is -2.32. The standard InChI is InChI=1S/C17H25N5O.2ClH/c1-4-12-8-18-6-5-14(12)21-17(23)13-7-15-16(19-9-13)22(10-20-15)11(2)3;;/h7,9-12,14,18H,4-6,8H2,1-3H3,(H,21,23);2*1H/t12-,14+;;/m1../s1. The van der Waals surface area contributed by atoms with Crippen LogP contribution in [0.15, 0.2) is 18.6 Å². The first kappa shape index (κ1) is 21.7. The molecule has 140 valence electrons. The Balaban J connectivity index is 0.00000156. The van der Waals surface area contributed by atoms with E-state index < -0.39 is 0 Å². The van der Waals surface area contributed by atoms with Gasteiger partial charge in [-0.1, -0.05) is 13.3 Å². The molecule has 8 heteroatoms. The molecule has 3 heterocycles. The minimum Gasteiger partial charge on any atom is -0.349 e. The number of rotatable bonds is 4. The number of fused-ring (bicyclic) bond motifs is 1. The number of hydrogen-bond acceptors (Lipinski definition) is 4. The lowest BCUT2D eigenvalue weighted by Crippen LogP contribution is -2.49. The first-order chi connectivity index (χ1) is 11.1. The van der Waals surface area contributed by atoms with E-state index in [9.17, 15) is 4.79 Å². The van der Waals surface area contributed by atoms with Crippen molar-refractivity contribution in [2.75, 3.05) is 13.1 Å². The van der Waals surface area contributed by atoms with Crippen LogP contribution in [0, 0.1) is 5.92 Å². The van der Waals surface area contributed by atoms with Gasteiger partial charge in [0.2, 0.25) is 0 Å². The van der Waals surface area contributed by atoms with Gasteiger partial charge in [-0.05, 0) is 45.3 Å². The van der Waals surface area contributed by atoms with Gasteiger partial charge in [0, 0.05) is 18.3 Å². The van der Waals surface area contributed by atoms with Gasteiger partial charge in [-0.25, -0.2) is 9.97 Å². The Morgan fingerprint density at radius 1 is 1.40 bits per heavy atom. The van der Waals surface area contributed by atoms with Crippen LogP contribution in [0.1, 0.15) is 50.0 Å². The molecular weight excluding hydrogens is 361 g/mol. The molecule has 0 unspecified atom stereocenters. The summed E-state index contributed by atoms with van der Waals surface area (Å²) in [6.45, 7) is 8.27. The molecule has 0 radical (unpaired) electrons. The Hall–Kier alpha value is -1.37. The van der Waals surface area contributed by atoms with E-state index in [0.717, 1.165) is 37.1 Å². The second kappa shape index (κ2) is 9.36. The number of carbonyl (C=O) groups is 1. The first-order valence-electron chi connectivity index (χ1n) is 8.44. The van der Waals surface area contributed by atoms with Crippen LogP contribution >= 0.6 is 24.8 Å². The van der Waals surface area contributed by atoms with Crippen molar-refractivity contribution in [2.24, 2.45) is 5.92 Å². The fourth-order valence-electron chi connectivity index (χ4n) is 3.21. The van der Waals surface area contributed by atoms with Gasteiger partial charge in [-0.3, -0.25) is 4.79 Å². The molecule has 2 aromatic heterocycles. The van der Waals surface area contributed by atoms with Crippen molar-refractivity contribution >= 4 is 41.9 Å². The average Bonchev–Trinajstić information content (AvgIpc) is 2.98. The van der Waals surface area contributed by atoms with Crippen LogP contribution in [-0.2, 0) is 0 Å². The Bertz CT molecular complexity index is 703. The van der Waals surface area contributed by atoms with Gasteiger partial charge >= 0.3 is 0 Å². The van der Waals surface area contributed by atoms with E-state index in [-0.39, 0.29) is 36.8 Å². The van der Waals surface area contributed by atoms with E-state index in [2.05, 4.69) is 41.4 Å². The smallest absolute Gasteiger partial charge is 0.253 e. The molecule has 25 heavy (non-hydrogen) atoms. The average molecular weight is 388 g/mol. The van der Waals surface area contributed by atoms with Crippen LogP contribution in [-0.4, -0.2) is 39.6 Å². The number of hydrogen-bond donors (Lipinski definition) is 2. The maximum Gasteiger partial charge on any atom is 0.253 e. The van der Waals surface area contributed by atoms with Gasteiger partial charge in [-0.15, -0.1) is 24.8 Å². The molecule has 0 aromatic carbocycles. The van der Waals surface area contributed by atoms with Gasteiger partial charge in [-0.2, -0.15) is 0 Å². The van der Waals surface area contributed by atoms with E-state index in [0.29, 0.717) is 17.5 Å². The molecule has 1 aliphatic heterocycles. The van der Waals surface area contributed by atoms with Crippen molar-refractivity contribution in [1.82, 2.24) is 25.2 Å². The van der Waals surface area contributed by atoms with E-state index in [1.54, 1.807) is 12.5 Å². The second-order valence-electron chi connectivity index (χ2n) is 6.55. The van der Waals surface area contributed by atoms with Crippen molar-refractivity contribution in [2.45, 2.75) is 45.7 Å². The Morgan fingerprint density at radius 3 is 2.84 bits per heavy atom. The normalized spacial score (nSPS) is 20.0. The van der Waals surface area contributed by atoms with E-state index in [1.807, 2.05) is 10.6 Å². The number of carbonyl (C=O) groups excluding carboxylic acids is 1. The van der Waals surface area contributed by atoms with Crippen LogP contribution < -0.4 is 10.6 Å². The van der Waals surface area contributed by atoms with Gasteiger partial charge < -0.3 is 15.2 Å². The fraction of sp³-hybridized carbons (Fsp3) is 0.588. The minimum atomic E-state index is -0.0520. The Labute approximate surface area is 161 Å². The zero-order chi connectivity index (χ0) is 16.4. The van der Waals surface area contributed by atoms with E-state index in [1.165, 1.54) is 0 Å². The van der Waals surface area contributed by atoms with E-state index in [4.69, 9.17) is 0 Å². The number of pyridine rings is 1. The fourth-order valence-corrected chi connectivity index (χ4v) is 3.21. The van der Waals surface area contributed by atoms with Crippen molar-refractivity contribution < 1.29 is 4.79 Å². The zero-order valence-corrected chi connectivity index (χ0v) is 16.5. The molecule has 1 aliphatic rings.